The molecule has 1 unspecified atom stereocenters. The summed E-state index contributed by atoms with van der Waals surface area (Å²) < 4.78 is 0. The molecule has 15 heavy (non-hydrogen) atoms. The number of aryl methyl sites for hydroxylation is 1. The Hall–Kier alpha value is -0.820. The highest BCUT2D eigenvalue weighted by atomic mass is 15.0. The molecule has 1 aromatic carbocycles. The predicted molar refractivity (Wildman–Crippen MR) is 64.9 cm³/mol. The molecule has 1 N–H and O–H groups in total. The lowest BCUT2D eigenvalue weighted by atomic mass is 10.1. The maximum Gasteiger partial charge on any atom is 0.0294 e. The predicted octanol–water partition coefficient (Wildman–Crippen LogP) is 3.44. The fourth-order valence-corrected chi connectivity index (χ4v) is 2.08. The zero-order valence-corrected chi connectivity index (χ0v) is 9.96. The van der Waals surface area contributed by atoms with E-state index in [1.807, 2.05) is 0 Å². The minimum Gasteiger partial charge on any atom is -0.307 e. The van der Waals surface area contributed by atoms with Crippen LogP contribution >= 0.6 is 0 Å². The quantitative estimate of drug-likeness (QED) is 0.790. The van der Waals surface area contributed by atoms with Gasteiger partial charge in [0.15, 0.2) is 0 Å². The molecular weight excluding hydrogens is 182 g/mol. The van der Waals surface area contributed by atoms with Crippen LogP contribution in [0, 0.1) is 12.8 Å². The third-order valence-corrected chi connectivity index (χ3v) is 3.42. The van der Waals surface area contributed by atoms with Crippen LogP contribution in [0.4, 0.5) is 0 Å². The van der Waals surface area contributed by atoms with Gasteiger partial charge in [-0.1, -0.05) is 29.8 Å². The third kappa shape index (κ3) is 2.82. The normalized spacial score (nSPS) is 19.9. The van der Waals surface area contributed by atoms with Crippen molar-refractivity contribution in [1.29, 1.82) is 0 Å². The van der Waals surface area contributed by atoms with E-state index in [1.54, 1.807) is 0 Å². The van der Waals surface area contributed by atoms with Gasteiger partial charge >= 0.3 is 0 Å². The first kappa shape index (κ1) is 10.7. The van der Waals surface area contributed by atoms with Crippen molar-refractivity contribution in [1.82, 2.24) is 5.32 Å². The molecule has 1 aromatic rings. The number of rotatable bonds is 4. The summed E-state index contributed by atoms with van der Waals surface area (Å²) in [6.07, 6.45) is 2.82. The smallest absolute Gasteiger partial charge is 0.0294 e. The van der Waals surface area contributed by atoms with E-state index in [1.165, 1.54) is 24.0 Å². The lowest BCUT2D eigenvalue weighted by molar-refractivity contribution is 0.441. The van der Waals surface area contributed by atoms with Crippen molar-refractivity contribution in [3.8, 4) is 0 Å². The van der Waals surface area contributed by atoms with E-state index in [0.717, 1.165) is 5.92 Å². The summed E-state index contributed by atoms with van der Waals surface area (Å²) in [7, 11) is 0. The van der Waals surface area contributed by atoms with E-state index >= 15 is 0 Å². The second kappa shape index (κ2) is 4.36. The van der Waals surface area contributed by atoms with E-state index in [0.29, 0.717) is 12.1 Å². The number of benzene rings is 1. The van der Waals surface area contributed by atoms with Crippen molar-refractivity contribution in [2.24, 2.45) is 5.92 Å². The molecule has 82 valence electrons. The molecule has 0 saturated heterocycles. The lowest BCUT2D eigenvalue weighted by Crippen LogP contribution is -2.30. The Bertz CT molecular complexity index is 311. The van der Waals surface area contributed by atoms with Crippen LogP contribution in [-0.2, 0) is 0 Å². The highest BCUT2D eigenvalue weighted by molar-refractivity contribution is 5.23. The van der Waals surface area contributed by atoms with Crippen LogP contribution in [0.25, 0.3) is 0 Å². The second-order valence-electron chi connectivity index (χ2n) is 4.93. The van der Waals surface area contributed by atoms with E-state index in [-0.39, 0.29) is 0 Å². The first-order chi connectivity index (χ1) is 7.16. The topological polar surface area (TPSA) is 12.0 Å². The van der Waals surface area contributed by atoms with Crippen molar-refractivity contribution in [3.63, 3.8) is 0 Å². The van der Waals surface area contributed by atoms with Crippen LogP contribution in [0.5, 0.6) is 0 Å². The molecule has 0 amide bonds. The Morgan fingerprint density at radius 1 is 1.13 bits per heavy atom. The highest BCUT2D eigenvalue weighted by Gasteiger charge is 2.28. The van der Waals surface area contributed by atoms with Crippen LogP contribution in [0.2, 0.25) is 0 Å². The summed E-state index contributed by atoms with van der Waals surface area (Å²) >= 11 is 0. The van der Waals surface area contributed by atoms with Crippen LogP contribution in [0.15, 0.2) is 24.3 Å². The molecule has 0 bridgehead atoms. The molecule has 0 radical (unpaired) electrons. The third-order valence-electron chi connectivity index (χ3n) is 3.42. The average molecular weight is 203 g/mol. The summed E-state index contributed by atoms with van der Waals surface area (Å²) in [6.45, 7) is 6.70. The van der Waals surface area contributed by atoms with Gasteiger partial charge in [0.25, 0.3) is 0 Å². The van der Waals surface area contributed by atoms with Gasteiger partial charge in [0.1, 0.15) is 0 Å². The van der Waals surface area contributed by atoms with E-state index in [4.69, 9.17) is 0 Å². The van der Waals surface area contributed by atoms with E-state index in [2.05, 4.69) is 50.4 Å². The summed E-state index contributed by atoms with van der Waals surface area (Å²) in [4.78, 5) is 0. The zero-order chi connectivity index (χ0) is 10.8. The molecule has 1 saturated carbocycles. The summed E-state index contributed by atoms with van der Waals surface area (Å²) in [5.41, 5.74) is 2.73. The van der Waals surface area contributed by atoms with Crippen molar-refractivity contribution in [2.45, 2.75) is 45.7 Å². The van der Waals surface area contributed by atoms with Gasteiger partial charge in [-0.3, -0.25) is 0 Å². The monoisotopic (exact) mass is 203 g/mol. The van der Waals surface area contributed by atoms with E-state index in [9.17, 15) is 0 Å². The Morgan fingerprint density at radius 3 is 2.27 bits per heavy atom. The van der Waals surface area contributed by atoms with Gasteiger partial charge in [-0.05, 0) is 45.1 Å². The van der Waals surface area contributed by atoms with Gasteiger partial charge in [0.05, 0.1) is 0 Å². The molecule has 0 aliphatic heterocycles. The Kier molecular flexibility index (Phi) is 3.11. The van der Waals surface area contributed by atoms with Gasteiger partial charge in [-0.15, -0.1) is 0 Å². The highest BCUT2D eigenvalue weighted by Crippen LogP contribution is 2.33. The number of hydrogen-bond donors (Lipinski definition) is 1. The Balaban J connectivity index is 1.94. The molecule has 1 fully saturated rings. The maximum absolute atomic E-state index is 3.68. The van der Waals surface area contributed by atoms with Gasteiger partial charge in [0.2, 0.25) is 0 Å². The standard InChI is InChI=1S/C14H21N/c1-10-4-6-13(7-5-10)11(2)15-12(3)14-8-9-14/h4-7,11-12,14-15H,8-9H2,1-3H3/t11-,12?/m1/s1. The van der Waals surface area contributed by atoms with Crippen molar-refractivity contribution in [2.75, 3.05) is 0 Å². The number of hydrogen-bond acceptors (Lipinski definition) is 1. The fraction of sp³-hybridized carbons (Fsp3) is 0.571. The van der Waals surface area contributed by atoms with Crippen molar-refractivity contribution < 1.29 is 0 Å². The Labute approximate surface area is 92.9 Å². The molecule has 1 nitrogen and oxygen atoms in total. The van der Waals surface area contributed by atoms with Crippen LogP contribution in [-0.4, -0.2) is 6.04 Å². The Morgan fingerprint density at radius 2 is 1.73 bits per heavy atom. The molecule has 0 aromatic heterocycles. The maximum atomic E-state index is 3.68. The minimum atomic E-state index is 0.473. The molecule has 1 aliphatic carbocycles. The zero-order valence-electron chi connectivity index (χ0n) is 9.96. The minimum absolute atomic E-state index is 0.473. The molecule has 2 rings (SSSR count). The lowest BCUT2D eigenvalue weighted by Gasteiger charge is -2.20. The summed E-state index contributed by atoms with van der Waals surface area (Å²) in [6, 6.07) is 9.98. The van der Waals surface area contributed by atoms with Gasteiger partial charge in [-0.2, -0.15) is 0 Å². The first-order valence-electron chi connectivity index (χ1n) is 5.99. The van der Waals surface area contributed by atoms with Crippen LogP contribution in [0.1, 0.15) is 43.9 Å². The molecule has 0 heterocycles. The van der Waals surface area contributed by atoms with Gasteiger partial charge in [0, 0.05) is 12.1 Å². The second-order valence-corrected chi connectivity index (χ2v) is 4.93. The molecular formula is C14H21N. The molecule has 1 aliphatic rings. The summed E-state index contributed by atoms with van der Waals surface area (Å²) in [5.74, 6) is 0.929. The van der Waals surface area contributed by atoms with E-state index < -0.39 is 0 Å². The van der Waals surface area contributed by atoms with Crippen molar-refractivity contribution in [3.05, 3.63) is 35.4 Å². The SMILES string of the molecule is Cc1ccc([C@@H](C)NC(C)C2CC2)cc1. The molecule has 2 atom stereocenters. The van der Waals surface area contributed by atoms with Crippen molar-refractivity contribution >= 4 is 0 Å². The summed E-state index contributed by atoms with van der Waals surface area (Å²) in [5, 5.41) is 3.68. The molecule has 1 heteroatoms. The van der Waals surface area contributed by atoms with Gasteiger partial charge in [-0.25, -0.2) is 0 Å². The van der Waals surface area contributed by atoms with Crippen LogP contribution < -0.4 is 5.32 Å². The van der Waals surface area contributed by atoms with Crippen LogP contribution in [0.3, 0.4) is 0 Å². The first-order valence-corrected chi connectivity index (χ1v) is 5.99. The van der Waals surface area contributed by atoms with Gasteiger partial charge < -0.3 is 5.32 Å². The average Bonchev–Trinajstić information content (AvgIpc) is 3.01. The number of nitrogens with one attached hydrogen (secondary N) is 1. The largest absolute Gasteiger partial charge is 0.307 e. The molecule has 0 spiro atoms. The fourth-order valence-electron chi connectivity index (χ4n) is 2.08.